The molecule has 39 heavy (non-hydrogen) atoms. The fraction of sp³-hybridized carbons (Fsp3) is 0.286. The van der Waals surface area contributed by atoms with Gasteiger partial charge in [-0.3, -0.25) is 9.36 Å². The Hall–Kier alpha value is -3.89. The van der Waals surface area contributed by atoms with E-state index in [1.165, 1.54) is 23.0 Å². The first-order valence-electron chi connectivity index (χ1n) is 12.3. The molecule has 0 radical (unpaired) electrons. The number of benzene rings is 2. The van der Waals surface area contributed by atoms with Crippen LogP contribution in [0.25, 0.3) is 6.08 Å². The van der Waals surface area contributed by atoms with Crippen LogP contribution in [0, 0.1) is 0 Å². The van der Waals surface area contributed by atoms with Gasteiger partial charge in [-0.1, -0.05) is 48.4 Å². The zero-order valence-corrected chi connectivity index (χ0v) is 23.2. The predicted octanol–water partition coefficient (Wildman–Crippen LogP) is 3.70. The lowest BCUT2D eigenvalue weighted by Gasteiger charge is -2.27. The minimum absolute atomic E-state index is 0.159. The van der Waals surface area contributed by atoms with E-state index in [2.05, 4.69) is 0 Å². The van der Waals surface area contributed by atoms with Crippen molar-refractivity contribution in [1.82, 2.24) is 4.57 Å². The lowest BCUT2D eigenvalue weighted by atomic mass is 9.93. The molecule has 1 aliphatic heterocycles. The van der Waals surface area contributed by atoms with Crippen molar-refractivity contribution in [3.8, 4) is 11.5 Å². The molecule has 0 saturated heterocycles. The maximum absolute atomic E-state index is 13.9. The smallest absolute Gasteiger partial charge is 0.341 e. The van der Waals surface area contributed by atoms with Crippen molar-refractivity contribution in [2.24, 2.45) is 4.99 Å². The molecule has 2 aromatic carbocycles. The topological polar surface area (TPSA) is 116 Å². The number of thiazole rings is 1. The standard InChI is InChI=1S/C28H27ClN2O7S/c1-4-7-20-24(27(35)37-5-2)25(19-14-17(29)10-11-21(19)36-3)31-26(34)22(39-28(31)30-20)13-16-8-6-9-18(12-16)38-15-23(32)33/h6,8-14,25H,4-5,7,15H2,1-3H3,(H,32,33)/b22-13+/t25-/m0/s1. The van der Waals surface area contributed by atoms with E-state index < -0.39 is 24.6 Å². The molecule has 3 aromatic rings. The summed E-state index contributed by atoms with van der Waals surface area (Å²) in [7, 11) is 1.51. The Balaban J connectivity index is 1.96. The third-order valence-corrected chi connectivity index (χ3v) is 7.11. The Bertz CT molecular complexity index is 1620. The molecule has 204 valence electrons. The first kappa shape index (κ1) is 28.1. The number of fused-ring (bicyclic) bond motifs is 1. The van der Waals surface area contributed by atoms with Gasteiger partial charge in [0.15, 0.2) is 11.4 Å². The molecule has 1 aliphatic rings. The van der Waals surface area contributed by atoms with E-state index in [-0.39, 0.29) is 17.7 Å². The third kappa shape index (κ3) is 6.07. The molecule has 0 bridgehead atoms. The molecule has 0 saturated carbocycles. The number of halogens is 1. The van der Waals surface area contributed by atoms with Gasteiger partial charge in [-0.2, -0.15) is 0 Å². The van der Waals surface area contributed by atoms with Gasteiger partial charge in [0, 0.05) is 10.6 Å². The maximum atomic E-state index is 13.9. The molecule has 1 atom stereocenters. The monoisotopic (exact) mass is 570 g/mol. The minimum Gasteiger partial charge on any atom is -0.496 e. The zero-order chi connectivity index (χ0) is 28.1. The zero-order valence-electron chi connectivity index (χ0n) is 21.6. The molecule has 0 amide bonds. The summed E-state index contributed by atoms with van der Waals surface area (Å²) in [6.45, 7) is 3.38. The molecule has 0 unspecified atom stereocenters. The maximum Gasteiger partial charge on any atom is 0.341 e. The highest BCUT2D eigenvalue weighted by Crippen LogP contribution is 2.38. The number of carboxylic acids is 1. The summed E-state index contributed by atoms with van der Waals surface area (Å²) in [6, 6.07) is 10.9. The number of aromatic nitrogens is 1. The number of hydrogen-bond acceptors (Lipinski definition) is 8. The SMILES string of the molecule is CCCC1=C(C(=O)OCC)[C@H](c2cc(Cl)ccc2OC)n2c(s/c(=C/c3cccc(OCC(=O)O)c3)c2=O)=N1. The van der Waals surface area contributed by atoms with Gasteiger partial charge in [0.05, 0.1) is 29.5 Å². The summed E-state index contributed by atoms with van der Waals surface area (Å²) < 4.78 is 18.1. The van der Waals surface area contributed by atoms with Gasteiger partial charge in [-0.05, 0) is 55.3 Å². The molecule has 9 nitrogen and oxygen atoms in total. The molecule has 0 aliphatic carbocycles. The Morgan fingerprint density at radius 3 is 2.69 bits per heavy atom. The van der Waals surface area contributed by atoms with Crippen LogP contribution >= 0.6 is 22.9 Å². The lowest BCUT2D eigenvalue weighted by Crippen LogP contribution is -2.40. The average Bonchev–Trinajstić information content (AvgIpc) is 3.21. The lowest BCUT2D eigenvalue weighted by molar-refractivity contribution is -0.140. The van der Waals surface area contributed by atoms with Crippen molar-refractivity contribution in [2.75, 3.05) is 20.3 Å². The van der Waals surface area contributed by atoms with Crippen molar-refractivity contribution < 1.29 is 28.9 Å². The molecule has 0 spiro atoms. The Kier molecular flexibility index (Phi) is 8.88. The van der Waals surface area contributed by atoms with Gasteiger partial charge in [0.1, 0.15) is 17.5 Å². The van der Waals surface area contributed by atoms with Gasteiger partial charge in [0.25, 0.3) is 5.56 Å². The van der Waals surface area contributed by atoms with Crippen LogP contribution in [0.15, 0.2) is 63.5 Å². The number of aliphatic carboxylic acids is 1. The Labute approximate surface area is 233 Å². The number of allylic oxidation sites excluding steroid dienone is 1. The van der Waals surface area contributed by atoms with E-state index in [1.54, 1.807) is 55.5 Å². The van der Waals surface area contributed by atoms with Crippen molar-refractivity contribution in [1.29, 1.82) is 0 Å². The van der Waals surface area contributed by atoms with E-state index >= 15 is 0 Å². The molecule has 11 heteroatoms. The quantitative estimate of drug-likeness (QED) is 0.369. The fourth-order valence-corrected chi connectivity index (χ4v) is 5.53. The van der Waals surface area contributed by atoms with Crippen molar-refractivity contribution in [2.45, 2.75) is 32.7 Å². The molecule has 4 rings (SSSR count). The number of rotatable bonds is 10. The van der Waals surface area contributed by atoms with Gasteiger partial charge in [-0.15, -0.1) is 0 Å². The van der Waals surface area contributed by atoms with E-state index in [4.69, 9.17) is 35.9 Å². The second-order valence-corrected chi connectivity index (χ2v) is 10.0. The van der Waals surface area contributed by atoms with Crippen LogP contribution in [0.1, 0.15) is 43.9 Å². The highest BCUT2D eigenvalue weighted by molar-refractivity contribution is 7.07. The summed E-state index contributed by atoms with van der Waals surface area (Å²) in [6.07, 6.45) is 2.90. The second kappa shape index (κ2) is 12.3. The van der Waals surface area contributed by atoms with Crippen LogP contribution in [0.2, 0.25) is 5.02 Å². The number of carbonyl (C=O) groups excluding carboxylic acids is 1. The summed E-state index contributed by atoms with van der Waals surface area (Å²) in [5.74, 6) is -0.836. The number of ether oxygens (including phenoxy) is 3. The number of carbonyl (C=O) groups is 2. The van der Waals surface area contributed by atoms with Gasteiger partial charge in [-0.25, -0.2) is 14.6 Å². The molecule has 1 aromatic heterocycles. The first-order valence-corrected chi connectivity index (χ1v) is 13.5. The summed E-state index contributed by atoms with van der Waals surface area (Å²) in [4.78, 5) is 43.3. The van der Waals surface area contributed by atoms with Crippen LogP contribution in [-0.4, -0.2) is 41.9 Å². The number of carboxylic acid groups (broad SMARTS) is 1. The summed E-state index contributed by atoms with van der Waals surface area (Å²) in [5, 5.41) is 9.32. The minimum atomic E-state index is -1.09. The molecule has 2 heterocycles. The third-order valence-electron chi connectivity index (χ3n) is 5.90. The predicted molar refractivity (Wildman–Crippen MR) is 147 cm³/mol. The van der Waals surface area contributed by atoms with Gasteiger partial charge >= 0.3 is 11.9 Å². The van der Waals surface area contributed by atoms with Crippen LogP contribution in [0.3, 0.4) is 0 Å². The van der Waals surface area contributed by atoms with E-state index in [1.807, 2.05) is 6.92 Å². The average molecular weight is 571 g/mol. The second-order valence-electron chi connectivity index (χ2n) is 8.55. The Morgan fingerprint density at radius 2 is 2.00 bits per heavy atom. The van der Waals surface area contributed by atoms with Crippen LogP contribution in [-0.2, 0) is 14.3 Å². The fourth-order valence-electron chi connectivity index (χ4n) is 4.32. The largest absolute Gasteiger partial charge is 0.496 e. The number of nitrogens with zero attached hydrogens (tertiary/aromatic N) is 2. The molecule has 1 N–H and O–H groups in total. The number of esters is 1. The summed E-state index contributed by atoms with van der Waals surface area (Å²) in [5.41, 5.74) is 1.62. The van der Waals surface area contributed by atoms with E-state index in [0.29, 0.717) is 49.1 Å². The molecular formula is C28H27ClN2O7S. The van der Waals surface area contributed by atoms with Gasteiger partial charge in [0.2, 0.25) is 0 Å². The first-order chi connectivity index (χ1) is 18.8. The van der Waals surface area contributed by atoms with Gasteiger partial charge < -0.3 is 19.3 Å². The van der Waals surface area contributed by atoms with E-state index in [9.17, 15) is 14.4 Å². The van der Waals surface area contributed by atoms with Crippen LogP contribution < -0.4 is 24.4 Å². The highest BCUT2D eigenvalue weighted by atomic mass is 35.5. The molecular weight excluding hydrogens is 544 g/mol. The van der Waals surface area contributed by atoms with E-state index in [0.717, 1.165) is 6.42 Å². The van der Waals surface area contributed by atoms with Crippen molar-refractivity contribution >= 4 is 41.0 Å². The Morgan fingerprint density at radius 1 is 1.21 bits per heavy atom. The van der Waals surface area contributed by atoms with Crippen molar-refractivity contribution in [3.63, 3.8) is 0 Å². The normalized spacial score (nSPS) is 15.0. The van der Waals surface area contributed by atoms with Crippen LogP contribution in [0.4, 0.5) is 0 Å². The highest BCUT2D eigenvalue weighted by Gasteiger charge is 2.36. The summed E-state index contributed by atoms with van der Waals surface area (Å²) >= 11 is 7.55. The number of hydrogen-bond donors (Lipinski definition) is 1. The number of methoxy groups -OCH3 is 1. The molecule has 0 fully saturated rings. The van der Waals surface area contributed by atoms with Crippen molar-refractivity contribution in [3.05, 3.63) is 89.6 Å². The van der Waals surface area contributed by atoms with Crippen LogP contribution in [0.5, 0.6) is 11.5 Å².